The van der Waals surface area contributed by atoms with E-state index >= 15 is 0 Å². The summed E-state index contributed by atoms with van der Waals surface area (Å²) in [4.78, 5) is 9.96. The van der Waals surface area contributed by atoms with Gasteiger partial charge in [-0.05, 0) is 20.8 Å². The van der Waals surface area contributed by atoms with Crippen molar-refractivity contribution in [3.05, 3.63) is 0 Å². The molecule has 0 radical (unpaired) electrons. The van der Waals surface area contributed by atoms with Gasteiger partial charge in [0.25, 0.3) is 0 Å². The van der Waals surface area contributed by atoms with Crippen molar-refractivity contribution < 1.29 is 19.4 Å². The molecular weight excluding hydrogens is 180 g/mol. The fraction of sp³-hybridized carbons (Fsp3) is 0.857. The zero-order valence-corrected chi connectivity index (χ0v) is 8.30. The van der Waals surface area contributed by atoms with Crippen molar-refractivity contribution in [2.45, 2.75) is 31.8 Å². The van der Waals surface area contributed by atoms with Crippen molar-refractivity contribution in [3.8, 4) is 0 Å². The average molecular weight is 194 g/mol. The molecule has 1 atom stereocenters. The van der Waals surface area contributed by atoms with Crippen LogP contribution < -0.4 is 0 Å². The van der Waals surface area contributed by atoms with Crippen LogP contribution in [-0.4, -0.2) is 28.9 Å². The van der Waals surface area contributed by atoms with Crippen LogP contribution in [0.4, 0.5) is 4.79 Å². The second kappa shape index (κ2) is 4.57. The van der Waals surface area contributed by atoms with Crippen LogP contribution in [-0.2, 0) is 9.47 Å². The molecule has 0 aromatic carbocycles. The molecule has 0 heterocycles. The first-order chi connectivity index (χ1) is 5.31. The highest BCUT2D eigenvalue weighted by molar-refractivity contribution is 7.80. The lowest BCUT2D eigenvalue weighted by molar-refractivity contribution is -0.0449. The predicted molar refractivity (Wildman–Crippen MR) is 47.6 cm³/mol. The lowest BCUT2D eigenvalue weighted by atomic mass is 10.2. The van der Waals surface area contributed by atoms with Crippen LogP contribution in [0.2, 0.25) is 0 Å². The van der Waals surface area contributed by atoms with Crippen LogP contribution in [0.3, 0.4) is 0 Å². The van der Waals surface area contributed by atoms with E-state index in [0.29, 0.717) is 0 Å². The molecule has 0 rings (SSSR count). The van der Waals surface area contributed by atoms with E-state index in [1.807, 2.05) is 20.8 Å². The highest BCUT2D eigenvalue weighted by atomic mass is 32.1. The van der Waals surface area contributed by atoms with Gasteiger partial charge >= 0.3 is 6.16 Å². The largest absolute Gasteiger partial charge is 0.505 e. The fourth-order valence-electron chi connectivity index (χ4n) is 0.585. The van der Waals surface area contributed by atoms with Gasteiger partial charge in [-0.1, -0.05) is 0 Å². The quantitative estimate of drug-likeness (QED) is 0.408. The van der Waals surface area contributed by atoms with E-state index in [2.05, 4.69) is 17.4 Å². The Morgan fingerprint density at radius 3 is 2.42 bits per heavy atom. The molecule has 0 saturated heterocycles. The third-order valence-electron chi connectivity index (χ3n) is 0.839. The Kier molecular flexibility index (Phi) is 4.41. The molecule has 12 heavy (non-hydrogen) atoms. The number of hydrogen-bond acceptors (Lipinski definition) is 4. The van der Waals surface area contributed by atoms with Crippen molar-refractivity contribution in [3.63, 3.8) is 0 Å². The normalized spacial score (nSPS) is 14.0. The number of rotatable bonds is 3. The van der Waals surface area contributed by atoms with Crippen molar-refractivity contribution in [2.75, 3.05) is 6.61 Å². The fourth-order valence-corrected chi connectivity index (χ4v) is 0.975. The van der Waals surface area contributed by atoms with Gasteiger partial charge in [0.15, 0.2) is 0 Å². The van der Waals surface area contributed by atoms with Crippen LogP contribution in [0.1, 0.15) is 20.8 Å². The smallest absolute Gasteiger partial charge is 0.450 e. The van der Waals surface area contributed by atoms with Gasteiger partial charge in [-0.15, -0.1) is 12.6 Å². The number of hydrogen-bond donors (Lipinski definition) is 2. The molecule has 0 saturated carbocycles. The Labute approximate surface area is 77.3 Å². The van der Waals surface area contributed by atoms with Gasteiger partial charge in [0.2, 0.25) is 0 Å². The van der Waals surface area contributed by atoms with Crippen molar-refractivity contribution in [1.82, 2.24) is 0 Å². The van der Waals surface area contributed by atoms with E-state index in [-0.39, 0.29) is 12.2 Å². The molecule has 4 nitrogen and oxygen atoms in total. The van der Waals surface area contributed by atoms with E-state index in [1.54, 1.807) is 0 Å². The van der Waals surface area contributed by atoms with Gasteiger partial charge in [0.1, 0.15) is 12.0 Å². The summed E-state index contributed by atoms with van der Waals surface area (Å²) in [5, 5.41) is 8.15. The zero-order chi connectivity index (χ0) is 9.78. The molecule has 0 fully saturated rings. The topological polar surface area (TPSA) is 55.8 Å². The van der Waals surface area contributed by atoms with Crippen molar-refractivity contribution >= 4 is 18.8 Å². The lowest BCUT2D eigenvalue weighted by Crippen LogP contribution is -2.27. The Bertz CT molecular complexity index is 152. The summed E-state index contributed by atoms with van der Waals surface area (Å²) in [7, 11) is 0. The summed E-state index contributed by atoms with van der Waals surface area (Å²) in [5.41, 5.74) is -0.852. The Morgan fingerprint density at radius 2 is 2.08 bits per heavy atom. The summed E-state index contributed by atoms with van der Waals surface area (Å²) in [5.74, 6) is 0. The molecule has 0 aromatic heterocycles. The zero-order valence-electron chi connectivity index (χ0n) is 7.40. The number of thiol groups is 1. The molecule has 0 aliphatic rings. The molecular formula is C7H14O4S. The third-order valence-corrected chi connectivity index (χ3v) is 1.09. The molecule has 0 aliphatic carbocycles. The maximum Gasteiger partial charge on any atom is 0.505 e. The molecule has 0 amide bonds. The number of ether oxygens (including phenoxy) is 2. The van der Waals surface area contributed by atoms with Gasteiger partial charge in [-0.3, -0.25) is 0 Å². The van der Waals surface area contributed by atoms with Gasteiger partial charge in [-0.2, -0.15) is 0 Å². The van der Waals surface area contributed by atoms with Crippen LogP contribution in [0.15, 0.2) is 0 Å². The van der Waals surface area contributed by atoms with E-state index in [0.717, 1.165) is 0 Å². The predicted octanol–water partition coefficient (Wildman–Crippen LogP) is 1.75. The summed E-state index contributed by atoms with van der Waals surface area (Å²) >= 11 is 3.99. The van der Waals surface area contributed by atoms with Gasteiger partial charge < -0.3 is 14.6 Å². The molecule has 0 aromatic rings. The van der Waals surface area contributed by atoms with E-state index in [1.165, 1.54) is 0 Å². The van der Waals surface area contributed by atoms with Crippen LogP contribution in [0.25, 0.3) is 0 Å². The van der Waals surface area contributed by atoms with Crippen molar-refractivity contribution in [2.24, 2.45) is 0 Å². The summed E-state index contributed by atoms with van der Waals surface area (Å²) in [6.07, 6.45) is -1.31. The molecule has 72 valence electrons. The maximum absolute atomic E-state index is 9.96. The van der Waals surface area contributed by atoms with Gasteiger partial charge in [0.05, 0.1) is 5.60 Å². The molecule has 0 bridgehead atoms. The minimum absolute atomic E-state index is 0.0598. The highest BCUT2D eigenvalue weighted by Crippen LogP contribution is 2.13. The van der Waals surface area contributed by atoms with E-state index in [9.17, 15) is 4.79 Å². The van der Waals surface area contributed by atoms with Crippen LogP contribution in [0.5, 0.6) is 0 Å². The lowest BCUT2D eigenvalue weighted by Gasteiger charge is -2.23. The highest BCUT2D eigenvalue weighted by Gasteiger charge is 2.16. The van der Waals surface area contributed by atoms with Gasteiger partial charge in [-0.25, -0.2) is 4.79 Å². The van der Waals surface area contributed by atoms with Crippen molar-refractivity contribution in [1.29, 1.82) is 0 Å². The minimum atomic E-state index is -1.31. The minimum Gasteiger partial charge on any atom is -0.450 e. The van der Waals surface area contributed by atoms with Crippen LogP contribution >= 0.6 is 12.6 Å². The summed E-state index contributed by atoms with van der Waals surface area (Å²) in [6, 6.07) is 0. The van der Waals surface area contributed by atoms with Gasteiger partial charge in [0, 0.05) is 0 Å². The Morgan fingerprint density at radius 1 is 1.58 bits per heavy atom. The number of carboxylic acid groups (broad SMARTS) is 1. The Balaban J connectivity index is 3.60. The SMILES string of the molecule is CC(C)(C)OC(S)COC(=O)O. The second-order valence-corrected chi connectivity index (χ2v) is 3.84. The molecule has 1 unspecified atom stereocenters. The second-order valence-electron chi connectivity index (χ2n) is 3.26. The third kappa shape index (κ3) is 7.68. The Hall–Kier alpha value is -0.420. The van der Waals surface area contributed by atoms with E-state index in [4.69, 9.17) is 9.84 Å². The first-order valence-electron chi connectivity index (χ1n) is 3.53. The summed E-state index contributed by atoms with van der Waals surface area (Å²) < 4.78 is 9.53. The maximum atomic E-state index is 9.96. The first kappa shape index (κ1) is 11.6. The molecule has 0 aliphatic heterocycles. The summed E-state index contributed by atoms with van der Waals surface area (Å²) in [6.45, 7) is 5.51. The molecule has 0 spiro atoms. The number of carbonyl (C=O) groups is 1. The monoisotopic (exact) mass is 194 g/mol. The standard InChI is InChI=1S/C7H14O4S/c1-7(2,3)11-5(12)4-10-6(8)9/h5,12H,4H2,1-3H3,(H,8,9). The first-order valence-corrected chi connectivity index (χ1v) is 4.04. The molecule has 5 heteroatoms. The molecule has 1 N–H and O–H groups in total. The average Bonchev–Trinajstić information content (AvgIpc) is 1.79. The van der Waals surface area contributed by atoms with E-state index < -0.39 is 11.6 Å². The van der Waals surface area contributed by atoms with Crippen LogP contribution in [0, 0.1) is 0 Å².